The molecule has 18 heavy (non-hydrogen) atoms. The molecular weight excluding hydrogens is 272 g/mol. The first-order chi connectivity index (χ1) is 8.64. The van der Waals surface area contributed by atoms with Gasteiger partial charge < -0.3 is 5.32 Å². The van der Waals surface area contributed by atoms with Crippen LogP contribution < -0.4 is 10.2 Å². The van der Waals surface area contributed by atoms with E-state index in [2.05, 4.69) is 5.32 Å². The molecule has 6 heteroatoms. The van der Waals surface area contributed by atoms with Crippen LogP contribution >= 0.6 is 22.9 Å². The fraction of sp³-hybridized carbons (Fsp3) is 0.500. The number of rotatable bonds is 1. The molecule has 1 saturated carbocycles. The average Bonchev–Trinajstić information content (AvgIpc) is 2.85. The topological polar surface area (TPSA) is 49.4 Å². The number of nitrogens with zero attached hydrogens (tertiary/aromatic N) is 1. The van der Waals surface area contributed by atoms with Crippen molar-refractivity contribution in [2.75, 3.05) is 4.90 Å². The Hall–Kier alpha value is -1.07. The minimum atomic E-state index is -0.680. The Morgan fingerprint density at radius 3 is 2.61 bits per heavy atom. The van der Waals surface area contributed by atoms with Crippen LogP contribution in [0.1, 0.15) is 32.1 Å². The van der Waals surface area contributed by atoms with Crippen LogP contribution in [0.15, 0.2) is 11.4 Å². The highest BCUT2D eigenvalue weighted by Gasteiger charge is 2.52. The third-order valence-electron chi connectivity index (χ3n) is 3.71. The van der Waals surface area contributed by atoms with Gasteiger partial charge in [0.1, 0.15) is 9.88 Å². The van der Waals surface area contributed by atoms with Gasteiger partial charge in [0.25, 0.3) is 5.91 Å². The van der Waals surface area contributed by atoms with E-state index in [1.807, 2.05) is 0 Å². The molecule has 1 aromatic rings. The van der Waals surface area contributed by atoms with Crippen LogP contribution in [0.2, 0.25) is 4.34 Å². The van der Waals surface area contributed by atoms with Crippen molar-refractivity contribution < 1.29 is 9.59 Å². The van der Waals surface area contributed by atoms with Gasteiger partial charge in [-0.05, 0) is 24.3 Å². The van der Waals surface area contributed by atoms with Crippen molar-refractivity contribution in [3.05, 3.63) is 15.8 Å². The van der Waals surface area contributed by atoms with Gasteiger partial charge in [-0.2, -0.15) is 0 Å². The van der Waals surface area contributed by atoms with Gasteiger partial charge in [0.2, 0.25) is 0 Å². The summed E-state index contributed by atoms with van der Waals surface area (Å²) in [7, 11) is 0. The normalized spacial score (nSPS) is 22.6. The number of hydrogen-bond donors (Lipinski definition) is 1. The van der Waals surface area contributed by atoms with Gasteiger partial charge in [0, 0.05) is 0 Å². The van der Waals surface area contributed by atoms with Crippen molar-refractivity contribution in [2.24, 2.45) is 0 Å². The van der Waals surface area contributed by atoms with Crippen LogP contribution in [0.25, 0.3) is 0 Å². The summed E-state index contributed by atoms with van der Waals surface area (Å²) in [4.78, 5) is 25.8. The van der Waals surface area contributed by atoms with Crippen LogP contribution in [0.4, 0.5) is 10.5 Å². The number of urea groups is 1. The van der Waals surface area contributed by atoms with E-state index < -0.39 is 5.54 Å². The zero-order chi connectivity index (χ0) is 12.8. The first-order valence-electron chi connectivity index (χ1n) is 6.04. The summed E-state index contributed by atoms with van der Waals surface area (Å²) in [5, 5.41) is 4.65. The van der Waals surface area contributed by atoms with Crippen molar-refractivity contribution in [1.82, 2.24) is 5.32 Å². The SMILES string of the molecule is O=C1NC2(CCCCC2)C(=O)N1c1ccsc1Cl. The van der Waals surface area contributed by atoms with Crippen LogP contribution in [0.3, 0.4) is 0 Å². The van der Waals surface area contributed by atoms with Crippen molar-refractivity contribution in [3.8, 4) is 0 Å². The minimum absolute atomic E-state index is 0.146. The van der Waals surface area contributed by atoms with Gasteiger partial charge >= 0.3 is 6.03 Å². The second-order valence-corrected chi connectivity index (χ2v) is 6.31. The molecule has 1 aromatic heterocycles. The molecule has 2 heterocycles. The molecule has 2 aliphatic rings. The van der Waals surface area contributed by atoms with E-state index in [1.165, 1.54) is 16.2 Å². The molecule has 0 aromatic carbocycles. The first-order valence-corrected chi connectivity index (χ1v) is 7.29. The smallest absolute Gasteiger partial charge is 0.323 e. The largest absolute Gasteiger partial charge is 0.329 e. The molecule has 1 spiro atoms. The van der Waals surface area contributed by atoms with Crippen molar-refractivity contribution in [2.45, 2.75) is 37.6 Å². The van der Waals surface area contributed by atoms with E-state index in [9.17, 15) is 9.59 Å². The maximum Gasteiger partial charge on any atom is 0.329 e. The van der Waals surface area contributed by atoms with E-state index in [-0.39, 0.29) is 11.9 Å². The molecule has 96 valence electrons. The lowest BCUT2D eigenvalue weighted by Gasteiger charge is -2.30. The highest BCUT2D eigenvalue weighted by Crippen LogP contribution is 2.39. The monoisotopic (exact) mass is 284 g/mol. The molecule has 3 rings (SSSR count). The van der Waals surface area contributed by atoms with Gasteiger partial charge in [-0.25, -0.2) is 9.69 Å². The highest BCUT2D eigenvalue weighted by molar-refractivity contribution is 7.15. The number of imide groups is 1. The number of thiophene rings is 1. The summed E-state index contributed by atoms with van der Waals surface area (Å²) >= 11 is 7.34. The fourth-order valence-corrected chi connectivity index (χ4v) is 3.68. The molecule has 0 atom stereocenters. The van der Waals surface area contributed by atoms with E-state index >= 15 is 0 Å². The molecule has 0 radical (unpaired) electrons. The predicted molar refractivity (Wildman–Crippen MR) is 71.2 cm³/mol. The van der Waals surface area contributed by atoms with E-state index in [0.717, 1.165) is 32.1 Å². The summed E-state index contributed by atoms with van der Waals surface area (Å²) in [6.45, 7) is 0. The van der Waals surface area contributed by atoms with E-state index in [0.29, 0.717) is 10.0 Å². The number of carbonyl (C=O) groups is 2. The Morgan fingerprint density at radius 2 is 2.00 bits per heavy atom. The molecule has 4 nitrogen and oxygen atoms in total. The van der Waals surface area contributed by atoms with Crippen molar-refractivity contribution >= 4 is 40.6 Å². The number of anilines is 1. The van der Waals surface area contributed by atoms with E-state index in [1.54, 1.807) is 11.4 Å². The summed E-state index contributed by atoms with van der Waals surface area (Å²) in [6.07, 6.45) is 4.56. The lowest BCUT2D eigenvalue weighted by atomic mass is 9.82. The zero-order valence-corrected chi connectivity index (χ0v) is 11.3. The molecule has 1 aliphatic carbocycles. The van der Waals surface area contributed by atoms with Crippen molar-refractivity contribution in [1.29, 1.82) is 0 Å². The summed E-state index contributed by atoms with van der Waals surface area (Å²) in [6, 6.07) is 1.37. The Bertz CT molecular complexity index is 508. The lowest BCUT2D eigenvalue weighted by molar-refractivity contribution is -0.123. The molecule has 1 aliphatic heterocycles. The van der Waals surface area contributed by atoms with Gasteiger partial charge in [0.15, 0.2) is 0 Å². The van der Waals surface area contributed by atoms with Gasteiger partial charge in [-0.3, -0.25) is 4.79 Å². The Labute approximate surface area is 114 Å². The second kappa shape index (κ2) is 4.24. The zero-order valence-electron chi connectivity index (χ0n) is 9.74. The summed E-state index contributed by atoms with van der Waals surface area (Å²) in [5.41, 5.74) is -0.174. The lowest BCUT2D eigenvalue weighted by Crippen LogP contribution is -2.48. The highest BCUT2D eigenvalue weighted by atomic mass is 35.5. The molecule has 0 bridgehead atoms. The molecule has 3 amide bonds. The van der Waals surface area contributed by atoms with Gasteiger partial charge in [-0.15, -0.1) is 11.3 Å². The Balaban J connectivity index is 1.96. The fourth-order valence-electron chi connectivity index (χ4n) is 2.78. The van der Waals surface area contributed by atoms with Crippen LogP contribution in [0.5, 0.6) is 0 Å². The predicted octanol–water partition coefficient (Wildman–Crippen LogP) is 3.16. The van der Waals surface area contributed by atoms with Gasteiger partial charge in [0.05, 0.1) is 5.69 Å². The molecule has 1 saturated heterocycles. The Morgan fingerprint density at radius 1 is 1.28 bits per heavy atom. The summed E-state index contributed by atoms with van der Waals surface area (Å²) < 4.78 is 0.478. The number of carbonyl (C=O) groups excluding carboxylic acids is 2. The van der Waals surface area contributed by atoms with Crippen LogP contribution in [-0.4, -0.2) is 17.5 Å². The third kappa shape index (κ3) is 1.65. The van der Waals surface area contributed by atoms with Crippen LogP contribution in [-0.2, 0) is 4.79 Å². The Kier molecular flexibility index (Phi) is 2.83. The molecule has 0 unspecified atom stereocenters. The number of halogens is 1. The third-order valence-corrected chi connectivity index (χ3v) is 4.86. The molecular formula is C12H13ClN2O2S. The standard InChI is InChI=1S/C12H13ClN2O2S/c13-9-8(4-7-18-9)15-10(16)12(14-11(15)17)5-2-1-3-6-12/h4,7H,1-3,5-6H2,(H,14,17). The van der Waals surface area contributed by atoms with Crippen LogP contribution in [0, 0.1) is 0 Å². The summed E-state index contributed by atoms with van der Waals surface area (Å²) in [5.74, 6) is -0.146. The maximum absolute atomic E-state index is 12.5. The quantitative estimate of drug-likeness (QED) is 0.805. The number of nitrogens with one attached hydrogen (secondary N) is 1. The number of hydrogen-bond acceptors (Lipinski definition) is 3. The molecule has 1 N–H and O–H groups in total. The first kappa shape index (κ1) is 12.0. The van der Waals surface area contributed by atoms with Gasteiger partial charge in [-0.1, -0.05) is 30.9 Å². The second-order valence-electron chi connectivity index (χ2n) is 4.79. The maximum atomic E-state index is 12.5. The average molecular weight is 285 g/mol. The molecule has 2 fully saturated rings. The van der Waals surface area contributed by atoms with Crippen molar-refractivity contribution in [3.63, 3.8) is 0 Å². The van der Waals surface area contributed by atoms with E-state index in [4.69, 9.17) is 11.6 Å². The minimum Gasteiger partial charge on any atom is -0.323 e. The number of amides is 3.